The highest BCUT2D eigenvalue weighted by Crippen LogP contribution is 2.23. The normalized spacial score (nSPS) is 10.5. The van der Waals surface area contributed by atoms with E-state index in [0.29, 0.717) is 5.56 Å². The summed E-state index contributed by atoms with van der Waals surface area (Å²) in [5.41, 5.74) is 0.551. The second kappa shape index (κ2) is 5.68. The maximum Gasteiger partial charge on any atom is 0.168 e. The molecule has 0 fully saturated rings. The lowest BCUT2D eigenvalue weighted by Crippen LogP contribution is -2.05. The molecule has 0 saturated carbocycles. The van der Waals surface area contributed by atoms with Crippen molar-refractivity contribution in [2.24, 2.45) is 0 Å². The van der Waals surface area contributed by atoms with Crippen LogP contribution in [0.25, 0.3) is 0 Å². The Morgan fingerprint density at radius 1 is 1.11 bits per heavy atom. The Balaban J connectivity index is 2.28. The summed E-state index contributed by atoms with van der Waals surface area (Å²) in [5, 5.41) is -0.0633. The second-order valence-electron chi connectivity index (χ2n) is 3.94. The molecule has 0 atom stereocenters. The molecule has 0 N–H and O–H groups in total. The zero-order valence-corrected chi connectivity index (χ0v) is 11.1. The molecule has 0 heterocycles. The number of hydrogen-bond donors (Lipinski definition) is 0. The molecule has 0 spiro atoms. The Bertz CT molecular complexity index is 641. The number of rotatable bonds is 3. The van der Waals surface area contributed by atoms with E-state index in [0.717, 1.165) is 12.1 Å². The summed E-state index contributed by atoms with van der Waals surface area (Å²) in [6.07, 6.45) is -0.0953. The summed E-state index contributed by atoms with van der Waals surface area (Å²) in [6, 6.07) is 7.74. The molecule has 2 aromatic rings. The largest absolute Gasteiger partial charge is 0.294 e. The lowest BCUT2D eigenvalue weighted by molar-refractivity contribution is 0.0993. The van der Waals surface area contributed by atoms with Crippen LogP contribution in [0.1, 0.15) is 15.9 Å². The van der Waals surface area contributed by atoms with Gasteiger partial charge in [0, 0.05) is 12.0 Å². The van der Waals surface area contributed by atoms with Crippen molar-refractivity contribution < 1.29 is 13.6 Å². The molecule has 0 saturated heterocycles. The first-order valence-electron chi connectivity index (χ1n) is 5.40. The minimum atomic E-state index is -0.586. The molecule has 1 nitrogen and oxygen atoms in total. The molecular formula is C14H8Cl2F2O. The van der Waals surface area contributed by atoms with Crippen molar-refractivity contribution in [3.63, 3.8) is 0 Å². The van der Waals surface area contributed by atoms with E-state index in [4.69, 9.17) is 23.2 Å². The Morgan fingerprint density at radius 3 is 2.53 bits per heavy atom. The summed E-state index contributed by atoms with van der Waals surface area (Å²) in [4.78, 5) is 12.0. The van der Waals surface area contributed by atoms with Gasteiger partial charge in [0.1, 0.15) is 11.6 Å². The molecule has 0 aliphatic carbocycles. The summed E-state index contributed by atoms with van der Waals surface area (Å²) < 4.78 is 26.1. The number of carbonyl (C=O) groups is 1. The fraction of sp³-hybridized carbons (Fsp3) is 0.0714. The van der Waals surface area contributed by atoms with Crippen molar-refractivity contribution in [1.29, 1.82) is 0 Å². The third-order valence-corrected chi connectivity index (χ3v) is 3.35. The molecule has 0 unspecified atom stereocenters. The van der Waals surface area contributed by atoms with Gasteiger partial charge in [0.15, 0.2) is 5.78 Å². The summed E-state index contributed by atoms with van der Waals surface area (Å²) >= 11 is 11.6. The van der Waals surface area contributed by atoms with Gasteiger partial charge < -0.3 is 0 Å². The maximum absolute atomic E-state index is 13.2. The zero-order valence-electron chi connectivity index (χ0n) is 9.59. The monoisotopic (exact) mass is 300 g/mol. The van der Waals surface area contributed by atoms with Crippen molar-refractivity contribution in [2.45, 2.75) is 6.42 Å². The van der Waals surface area contributed by atoms with Gasteiger partial charge in [0.05, 0.1) is 10.0 Å². The number of benzene rings is 2. The zero-order chi connectivity index (χ0) is 14.0. The molecule has 19 heavy (non-hydrogen) atoms. The molecule has 0 bridgehead atoms. The predicted octanol–water partition coefficient (Wildman–Crippen LogP) is 4.70. The predicted molar refractivity (Wildman–Crippen MR) is 70.9 cm³/mol. The van der Waals surface area contributed by atoms with Gasteiger partial charge in [-0.15, -0.1) is 0 Å². The molecule has 0 aliphatic rings. The summed E-state index contributed by atoms with van der Waals surface area (Å²) in [5.74, 6) is -1.46. The average molecular weight is 301 g/mol. The lowest BCUT2D eigenvalue weighted by atomic mass is 10.0. The topological polar surface area (TPSA) is 17.1 Å². The highest BCUT2D eigenvalue weighted by Gasteiger charge is 2.14. The lowest BCUT2D eigenvalue weighted by Gasteiger charge is -2.06. The first-order chi connectivity index (χ1) is 8.99. The first kappa shape index (κ1) is 14.0. The van der Waals surface area contributed by atoms with Gasteiger partial charge in [-0.3, -0.25) is 4.79 Å². The smallest absolute Gasteiger partial charge is 0.168 e. The van der Waals surface area contributed by atoms with Gasteiger partial charge in [-0.25, -0.2) is 8.78 Å². The quantitative estimate of drug-likeness (QED) is 0.751. The third kappa shape index (κ3) is 3.11. The Labute approximate surface area is 118 Å². The molecule has 0 radical (unpaired) electrons. The van der Waals surface area contributed by atoms with E-state index in [1.54, 1.807) is 6.07 Å². The SMILES string of the molecule is O=C(Cc1cccc(F)c1Cl)c1ccc(F)cc1Cl. The average Bonchev–Trinajstić information content (AvgIpc) is 2.34. The van der Waals surface area contributed by atoms with Gasteiger partial charge in [-0.1, -0.05) is 35.3 Å². The van der Waals surface area contributed by atoms with Crippen LogP contribution < -0.4 is 0 Å². The van der Waals surface area contributed by atoms with E-state index in [9.17, 15) is 13.6 Å². The molecule has 0 aromatic heterocycles. The van der Waals surface area contributed by atoms with Gasteiger partial charge in [-0.05, 0) is 29.8 Å². The highest BCUT2D eigenvalue weighted by molar-refractivity contribution is 6.34. The molecule has 2 rings (SSSR count). The van der Waals surface area contributed by atoms with Crippen molar-refractivity contribution in [3.05, 3.63) is 69.2 Å². The van der Waals surface area contributed by atoms with E-state index in [1.807, 2.05) is 0 Å². The first-order valence-corrected chi connectivity index (χ1v) is 6.16. The number of Topliss-reactive ketones (excluding diaryl/α,β-unsaturated/α-hetero) is 1. The minimum Gasteiger partial charge on any atom is -0.294 e. The van der Waals surface area contributed by atoms with Gasteiger partial charge in [0.25, 0.3) is 0 Å². The van der Waals surface area contributed by atoms with E-state index in [1.165, 1.54) is 18.2 Å². The van der Waals surface area contributed by atoms with Crippen molar-refractivity contribution >= 4 is 29.0 Å². The molecule has 5 heteroatoms. The van der Waals surface area contributed by atoms with Crippen LogP contribution in [0.2, 0.25) is 10.0 Å². The number of ketones is 1. The minimum absolute atomic E-state index is 0.0255. The van der Waals surface area contributed by atoms with Crippen molar-refractivity contribution in [3.8, 4) is 0 Å². The van der Waals surface area contributed by atoms with Crippen molar-refractivity contribution in [2.75, 3.05) is 0 Å². The van der Waals surface area contributed by atoms with Gasteiger partial charge in [-0.2, -0.15) is 0 Å². The van der Waals surface area contributed by atoms with E-state index in [2.05, 4.69) is 0 Å². The van der Waals surface area contributed by atoms with Gasteiger partial charge >= 0.3 is 0 Å². The summed E-state index contributed by atoms with van der Waals surface area (Å²) in [6.45, 7) is 0. The van der Waals surface area contributed by atoms with Crippen LogP contribution in [-0.2, 0) is 6.42 Å². The van der Waals surface area contributed by atoms with Crippen molar-refractivity contribution in [1.82, 2.24) is 0 Å². The van der Waals surface area contributed by atoms with Crippen LogP contribution in [0, 0.1) is 11.6 Å². The standard InChI is InChI=1S/C14H8Cl2F2O/c15-11-7-9(17)4-5-10(11)13(19)6-8-2-1-3-12(18)14(8)16/h1-5,7H,6H2. The fourth-order valence-corrected chi connectivity index (χ4v) is 2.13. The molecular weight excluding hydrogens is 293 g/mol. The van der Waals surface area contributed by atoms with Crippen LogP contribution >= 0.6 is 23.2 Å². The number of halogens is 4. The number of hydrogen-bond acceptors (Lipinski definition) is 1. The Morgan fingerprint density at radius 2 is 1.84 bits per heavy atom. The van der Waals surface area contributed by atoms with Gasteiger partial charge in [0.2, 0.25) is 0 Å². The summed E-state index contributed by atoms with van der Waals surface area (Å²) in [7, 11) is 0. The van der Waals surface area contributed by atoms with Crippen LogP contribution in [0.4, 0.5) is 8.78 Å². The van der Waals surface area contributed by atoms with Crippen LogP contribution in [-0.4, -0.2) is 5.78 Å². The Hall–Kier alpha value is -1.45. The second-order valence-corrected chi connectivity index (χ2v) is 4.72. The molecule has 0 aliphatic heterocycles. The highest BCUT2D eigenvalue weighted by atomic mass is 35.5. The molecule has 98 valence electrons. The van der Waals surface area contributed by atoms with Crippen LogP contribution in [0.5, 0.6) is 0 Å². The van der Waals surface area contributed by atoms with E-state index < -0.39 is 11.6 Å². The van der Waals surface area contributed by atoms with Crippen LogP contribution in [0.3, 0.4) is 0 Å². The van der Waals surface area contributed by atoms with E-state index in [-0.39, 0.29) is 27.8 Å². The van der Waals surface area contributed by atoms with E-state index >= 15 is 0 Å². The molecule has 0 amide bonds. The number of carbonyl (C=O) groups excluding carboxylic acids is 1. The maximum atomic E-state index is 13.2. The fourth-order valence-electron chi connectivity index (χ4n) is 1.67. The molecule has 2 aromatic carbocycles. The third-order valence-electron chi connectivity index (χ3n) is 2.61. The van der Waals surface area contributed by atoms with Crippen LogP contribution in [0.15, 0.2) is 36.4 Å². The Kier molecular flexibility index (Phi) is 4.17.